The quantitative estimate of drug-likeness (QED) is 0.297. The van der Waals surface area contributed by atoms with Gasteiger partial charge in [-0.3, -0.25) is 15.1 Å². The fourth-order valence-electron chi connectivity index (χ4n) is 3.24. The highest BCUT2D eigenvalue weighted by Crippen LogP contribution is 2.17. The number of carbonyl (C=O) groups excluding carboxylic acids is 1. The summed E-state index contributed by atoms with van der Waals surface area (Å²) in [5, 5.41) is 6.87. The van der Waals surface area contributed by atoms with Crippen molar-refractivity contribution >= 4 is 28.7 Å². The first-order valence-corrected chi connectivity index (χ1v) is 11.4. The van der Waals surface area contributed by atoms with Crippen LogP contribution >= 0.6 is 11.3 Å². The molecule has 0 fully saturated rings. The number of benzene rings is 1. The van der Waals surface area contributed by atoms with Crippen molar-refractivity contribution in [2.75, 3.05) is 25.1 Å². The van der Waals surface area contributed by atoms with Gasteiger partial charge in [-0.15, -0.1) is 11.3 Å². The van der Waals surface area contributed by atoms with Crippen LogP contribution in [0.3, 0.4) is 0 Å². The van der Waals surface area contributed by atoms with Gasteiger partial charge in [-0.25, -0.2) is 4.98 Å². The topological polar surface area (TPSA) is 66.8 Å². The first-order chi connectivity index (χ1) is 14.4. The lowest BCUT2D eigenvalue weighted by atomic mass is 10.1. The van der Waals surface area contributed by atoms with Gasteiger partial charge in [0.1, 0.15) is 0 Å². The second kappa shape index (κ2) is 12.4. The molecule has 0 saturated carbocycles. The number of esters is 1. The minimum absolute atomic E-state index is 0.181. The minimum Gasteiger partial charge on any atom is -0.466 e. The van der Waals surface area contributed by atoms with Gasteiger partial charge in [-0.1, -0.05) is 52.0 Å². The van der Waals surface area contributed by atoms with Crippen molar-refractivity contribution in [1.82, 2.24) is 9.88 Å². The predicted octanol–water partition coefficient (Wildman–Crippen LogP) is 4.81. The van der Waals surface area contributed by atoms with Crippen molar-refractivity contribution in [2.24, 2.45) is 16.9 Å². The van der Waals surface area contributed by atoms with E-state index in [0.29, 0.717) is 29.3 Å². The van der Waals surface area contributed by atoms with Crippen LogP contribution in [0.5, 0.6) is 0 Å². The first-order valence-electron chi connectivity index (χ1n) is 10.6. The number of aromatic nitrogens is 1. The molecule has 0 radical (unpaired) electrons. The Balaban J connectivity index is 2.01. The third-order valence-electron chi connectivity index (χ3n) is 4.24. The molecule has 0 aliphatic heterocycles. The summed E-state index contributed by atoms with van der Waals surface area (Å²) in [5.41, 5.74) is 6.01. The van der Waals surface area contributed by atoms with Crippen LogP contribution in [0.15, 0.2) is 34.7 Å². The van der Waals surface area contributed by atoms with Gasteiger partial charge in [0, 0.05) is 25.0 Å². The number of carbonyl (C=O) groups is 1. The summed E-state index contributed by atoms with van der Waals surface area (Å²) in [4.78, 5) is 18.5. The Labute approximate surface area is 184 Å². The van der Waals surface area contributed by atoms with Gasteiger partial charge >= 0.3 is 5.97 Å². The van der Waals surface area contributed by atoms with Gasteiger partial charge in [0.05, 0.1) is 24.9 Å². The van der Waals surface area contributed by atoms with Gasteiger partial charge in [-0.05, 0) is 29.9 Å². The number of rotatable bonds is 12. The molecule has 0 unspecified atom stereocenters. The van der Waals surface area contributed by atoms with Crippen LogP contribution < -0.4 is 5.43 Å². The maximum atomic E-state index is 11.6. The maximum Gasteiger partial charge on any atom is 0.311 e. The van der Waals surface area contributed by atoms with Crippen molar-refractivity contribution in [3.63, 3.8) is 0 Å². The Bertz CT molecular complexity index is 807. The molecule has 0 saturated heterocycles. The SMILES string of the molecule is CCOC(=O)Cc1csc(NN=Cc2ccccc2CN(CC(C)C)CC(C)C)n1. The van der Waals surface area contributed by atoms with Crippen LogP contribution in [0, 0.1) is 11.8 Å². The summed E-state index contributed by atoms with van der Waals surface area (Å²) < 4.78 is 4.96. The van der Waals surface area contributed by atoms with E-state index in [-0.39, 0.29) is 12.4 Å². The molecule has 2 rings (SSSR count). The molecule has 0 aliphatic rings. The Hall–Kier alpha value is -2.25. The van der Waals surface area contributed by atoms with E-state index in [1.807, 2.05) is 17.7 Å². The van der Waals surface area contributed by atoms with Gasteiger partial charge in [0.15, 0.2) is 0 Å². The number of nitrogens with zero attached hydrogens (tertiary/aromatic N) is 3. The molecule has 1 N–H and O–H groups in total. The zero-order chi connectivity index (χ0) is 21.9. The lowest BCUT2D eigenvalue weighted by Gasteiger charge is -2.26. The normalized spacial score (nSPS) is 11.7. The van der Waals surface area contributed by atoms with Crippen LogP contribution in [0.2, 0.25) is 0 Å². The molecule has 0 amide bonds. The monoisotopic (exact) mass is 430 g/mol. The Kier molecular flexibility index (Phi) is 9.97. The van der Waals surface area contributed by atoms with Crippen molar-refractivity contribution in [3.05, 3.63) is 46.5 Å². The number of ether oxygens (including phenoxy) is 1. The van der Waals surface area contributed by atoms with Gasteiger partial charge in [0.25, 0.3) is 0 Å². The lowest BCUT2D eigenvalue weighted by Crippen LogP contribution is -2.31. The minimum atomic E-state index is -0.265. The van der Waals surface area contributed by atoms with E-state index in [0.717, 1.165) is 25.2 Å². The third-order valence-corrected chi connectivity index (χ3v) is 5.04. The van der Waals surface area contributed by atoms with Gasteiger partial charge < -0.3 is 4.74 Å². The molecule has 6 nitrogen and oxygen atoms in total. The number of thiazole rings is 1. The summed E-state index contributed by atoms with van der Waals surface area (Å²) in [6.07, 6.45) is 2.02. The third kappa shape index (κ3) is 8.63. The molecule has 0 atom stereocenters. The predicted molar refractivity (Wildman–Crippen MR) is 125 cm³/mol. The van der Waals surface area contributed by atoms with Crippen LogP contribution in [0.1, 0.15) is 51.4 Å². The van der Waals surface area contributed by atoms with E-state index < -0.39 is 0 Å². The number of anilines is 1. The first kappa shape index (κ1) is 24.0. The van der Waals surface area contributed by atoms with E-state index in [1.165, 1.54) is 16.9 Å². The highest BCUT2D eigenvalue weighted by atomic mass is 32.1. The maximum absolute atomic E-state index is 11.6. The highest BCUT2D eigenvalue weighted by Gasteiger charge is 2.12. The van der Waals surface area contributed by atoms with Crippen molar-refractivity contribution in [1.29, 1.82) is 0 Å². The van der Waals surface area contributed by atoms with Crippen LogP contribution in [-0.4, -0.2) is 41.8 Å². The Morgan fingerprint density at radius 2 is 1.93 bits per heavy atom. The Morgan fingerprint density at radius 1 is 1.23 bits per heavy atom. The molecule has 1 heterocycles. The molecule has 1 aromatic heterocycles. The average molecular weight is 431 g/mol. The lowest BCUT2D eigenvalue weighted by molar-refractivity contribution is -0.142. The molecule has 0 bridgehead atoms. The summed E-state index contributed by atoms with van der Waals surface area (Å²) in [5.74, 6) is 0.985. The van der Waals surface area contributed by atoms with Crippen molar-refractivity contribution < 1.29 is 9.53 Å². The fraction of sp³-hybridized carbons (Fsp3) is 0.522. The van der Waals surface area contributed by atoms with Crippen LogP contribution in [0.4, 0.5) is 5.13 Å². The van der Waals surface area contributed by atoms with Gasteiger partial charge in [-0.2, -0.15) is 5.10 Å². The number of hydrogen-bond acceptors (Lipinski definition) is 7. The smallest absolute Gasteiger partial charge is 0.311 e. The van der Waals surface area contributed by atoms with E-state index in [9.17, 15) is 4.79 Å². The molecule has 30 heavy (non-hydrogen) atoms. The van der Waals surface area contributed by atoms with E-state index in [4.69, 9.17) is 4.74 Å². The van der Waals surface area contributed by atoms with Crippen molar-refractivity contribution in [2.45, 2.75) is 47.6 Å². The molecular formula is C23H34N4O2S. The molecule has 2 aromatic rings. The number of hydrogen-bond donors (Lipinski definition) is 1. The second-order valence-electron chi connectivity index (χ2n) is 8.18. The highest BCUT2D eigenvalue weighted by molar-refractivity contribution is 7.13. The number of hydrazone groups is 1. The van der Waals surface area contributed by atoms with Gasteiger partial charge in [0.2, 0.25) is 5.13 Å². The largest absolute Gasteiger partial charge is 0.466 e. The molecule has 7 heteroatoms. The molecule has 1 aromatic carbocycles. The zero-order valence-corrected chi connectivity index (χ0v) is 19.5. The number of nitrogens with one attached hydrogen (secondary N) is 1. The summed E-state index contributed by atoms with van der Waals surface area (Å²) in [7, 11) is 0. The van der Waals surface area contributed by atoms with E-state index >= 15 is 0 Å². The molecule has 0 spiro atoms. The average Bonchev–Trinajstić information content (AvgIpc) is 3.09. The summed E-state index contributed by atoms with van der Waals surface area (Å²) >= 11 is 1.42. The molecular weight excluding hydrogens is 396 g/mol. The standard InChI is InChI=1S/C23H34N4O2S/c1-6-29-22(28)11-21-16-30-23(25-21)26-24-12-19-9-7-8-10-20(19)15-27(13-17(2)3)14-18(4)5/h7-10,12,16-18H,6,11,13-15H2,1-5H3,(H,25,26). The van der Waals surface area contributed by atoms with Crippen LogP contribution in [-0.2, 0) is 22.5 Å². The summed E-state index contributed by atoms with van der Waals surface area (Å²) in [6.45, 7) is 14.3. The zero-order valence-electron chi connectivity index (χ0n) is 18.7. The van der Waals surface area contributed by atoms with E-state index in [2.05, 4.69) is 66.3 Å². The second-order valence-corrected chi connectivity index (χ2v) is 9.03. The summed E-state index contributed by atoms with van der Waals surface area (Å²) in [6, 6.07) is 8.35. The molecule has 0 aliphatic carbocycles. The van der Waals surface area contributed by atoms with Crippen LogP contribution in [0.25, 0.3) is 0 Å². The van der Waals surface area contributed by atoms with Crippen molar-refractivity contribution in [3.8, 4) is 0 Å². The molecule has 164 valence electrons. The fourth-order valence-corrected chi connectivity index (χ4v) is 3.90. The van der Waals surface area contributed by atoms with E-state index in [1.54, 1.807) is 6.92 Å². The Morgan fingerprint density at radius 3 is 2.60 bits per heavy atom.